The van der Waals surface area contributed by atoms with Crippen molar-refractivity contribution in [3.63, 3.8) is 0 Å². The number of benzene rings is 1. The van der Waals surface area contributed by atoms with Gasteiger partial charge in [0.05, 0.1) is 6.07 Å². The van der Waals surface area contributed by atoms with E-state index in [0.29, 0.717) is 11.8 Å². The van der Waals surface area contributed by atoms with Gasteiger partial charge in [-0.15, -0.1) is 0 Å². The number of hydrogen-bond acceptors (Lipinski definition) is 4. The highest BCUT2D eigenvalue weighted by Gasteiger charge is 2.35. The molecule has 0 fully saturated rings. The predicted octanol–water partition coefficient (Wildman–Crippen LogP) is 3.04. The number of hydrogen-bond donors (Lipinski definition) is 0. The number of aromatic nitrogens is 1. The molecular formula is C14H13F3N2O3. The summed E-state index contributed by atoms with van der Waals surface area (Å²) in [6.45, 7) is 1.42. The fourth-order valence-corrected chi connectivity index (χ4v) is 1.67. The Kier molecular flexibility index (Phi) is 4.39. The number of carbonyl (C=O) groups excluding carboxylic acids is 1. The van der Waals surface area contributed by atoms with Gasteiger partial charge in [0.25, 0.3) is 5.91 Å². The molecule has 0 atom stereocenters. The first kappa shape index (κ1) is 15.9. The van der Waals surface area contributed by atoms with Crippen LogP contribution in [0.4, 0.5) is 18.9 Å². The largest absolute Gasteiger partial charge is 0.454 e. The minimum absolute atomic E-state index is 0.435. The van der Waals surface area contributed by atoms with Gasteiger partial charge in [0.2, 0.25) is 0 Å². The Bertz CT molecular complexity index is 667. The van der Waals surface area contributed by atoms with E-state index in [2.05, 4.69) is 9.68 Å². The van der Waals surface area contributed by atoms with Gasteiger partial charge in [0.1, 0.15) is 0 Å². The number of carbonyl (C=O) groups is 1. The number of alkyl halides is 3. The molecule has 0 spiro atoms. The molecule has 2 rings (SSSR count). The normalized spacial score (nSPS) is 11.3. The number of rotatable bonds is 4. The van der Waals surface area contributed by atoms with Gasteiger partial charge in [0, 0.05) is 12.7 Å². The van der Waals surface area contributed by atoms with Gasteiger partial charge >= 0.3 is 12.1 Å². The molecule has 0 aliphatic carbocycles. The fraction of sp³-hybridized carbons (Fsp3) is 0.286. The van der Waals surface area contributed by atoms with Crippen molar-refractivity contribution in [2.45, 2.75) is 13.1 Å². The van der Waals surface area contributed by atoms with Crippen LogP contribution in [0.25, 0.3) is 0 Å². The van der Waals surface area contributed by atoms with Crippen molar-refractivity contribution in [2.24, 2.45) is 0 Å². The SMILES string of the molecule is Cc1cccc(N(C)C(=O)COc2cc(C(F)(F)F)no2)c1. The van der Waals surface area contributed by atoms with Crippen LogP contribution in [0.1, 0.15) is 11.3 Å². The molecule has 2 aromatic rings. The second-order valence-corrected chi connectivity index (χ2v) is 4.61. The number of halogens is 3. The first-order chi connectivity index (χ1) is 10.3. The number of nitrogens with zero attached hydrogens (tertiary/aromatic N) is 2. The van der Waals surface area contributed by atoms with E-state index in [9.17, 15) is 18.0 Å². The van der Waals surface area contributed by atoms with Gasteiger partial charge in [-0.1, -0.05) is 17.3 Å². The number of likely N-dealkylation sites (N-methyl/N-ethyl adjacent to an activating group) is 1. The summed E-state index contributed by atoms with van der Waals surface area (Å²) in [5.41, 5.74) is 0.423. The van der Waals surface area contributed by atoms with Gasteiger partial charge < -0.3 is 14.2 Å². The lowest BCUT2D eigenvalue weighted by molar-refractivity contribution is -0.142. The Morgan fingerprint density at radius 3 is 2.68 bits per heavy atom. The highest BCUT2D eigenvalue weighted by atomic mass is 19.4. The summed E-state index contributed by atoms with van der Waals surface area (Å²) < 4.78 is 46.3. The lowest BCUT2D eigenvalue weighted by Crippen LogP contribution is -2.31. The predicted molar refractivity (Wildman–Crippen MR) is 71.6 cm³/mol. The summed E-state index contributed by atoms with van der Waals surface area (Å²) in [4.78, 5) is 13.3. The van der Waals surface area contributed by atoms with Crippen LogP contribution in [0.2, 0.25) is 0 Å². The maximum absolute atomic E-state index is 12.3. The summed E-state index contributed by atoms with van der Waals surface area (Å²) in [5.74, 6) is -0.895. The fourth-order valence-electron chi connectivity index (χ4n) is 1.67. The van der Waals surface area contributed by atoms with Crippen molar-refractivity contribution in [1.82, 2.24) is 5.16 Å². The van der Waals surface area contributed by atoms with Crippen molar-refractivity contribution < 1.29 is 27.2 Å². The summed E-state index contributed by atoms with van der Waals surface area (Å²) >= 11 is 0. The van der Waals surface area contributed by atoms with Gasteiger partial charge in [-0.3, -0.25) is 4.79 Å². The van der Waals surface area contributed by atoms with Gasteiger partial charge in [-0.25, -0.2) is 0 Å². The highest BCUT2D eigenvalue weighted by molar-refractivity contribution is 5.93. The molecule has 0 bridgehead atoms. The van der Waals surface area contributed by atoms with Crippen molar-refractivity contribution >= 4 is 11.6 Å². The van der Waals surface area contributed by atoms with E-state index in [1.165, 1.54) is 4.90 Å². The zero-order chi connectivity index (χ0) is 16.3. The molecule has 0 saturated carbocycles. The molecule has 1 heterocycles. The molecule has 0 N–H and O–H groups in total. The van der Waals surface area contributed by atoms with Gasteiger partial charge in [0.15, 0.2) is 12.3 Å². The molecule has 0 radical (unpaired) electrons. The molecule has 1 aromatic heterocycles. The summed E-state index contributed by atoms with van der Waals surface area (Å²) in [6.07, 6.45) is -4.62. The lowest BCUT2D eigenvalue weighted by atomic mass is 10.2. The van der Waals surface area contributed by atoms with Gasteiger partial charge in [-0.05, 0) is 24.6 Å². The van der Waals surface area contributed by atoms with Crippen LogP contribution in [0.5, 0.6) is 5.95 Å². The molecule has 0 aliphatic heterocycles. The smallest absolute Gasteiger partial charge is 0.436 e. The van der Waals surface area contributed by atoms with E-state index < -0.39 is 30.3 Å². The standard InChI is InChI=1S/C14H13F3N2O3/c1-9-4-3-5-10(6-9)19(2)12(20)8-21-13-7-11(18-22-13)14(15,16)17/h3-7H,8H2,1-2H3. The first-order valence-electron chi connectivity index (χ1n) is 6.27. The maximum Gasteiger partial charge on any atom is 0.436 e. The van der Waals surface area contributed by atoms with E-state index in [1.807, 2.05) is 13.0 Å². The van der Waals surface area contributed by atoms with Crippen LogP contribution >= 0.6 is 0 Å². The third kappa shape index (κ3) is 3.78. The molecule has 0 unspecified atom stereocenters. The van der Waals surface area contributed by atoms with Crippen LogP contribution in [0.15, 0.2) is 34.9 Å². The van der Waals surface area contributed by atoms with Crippen LogP contribution < -0.4 is 9.64 Å². The Morgan fingerprint density at radius 1 is 1.36 bits per heavy atom. The number of aryl methyl sites for hydroxylation is 1. The van der Waals surface area contributed by atoms with Crippen LogP contribution in [0, 0.1) is 6.92 Å². The minimum Gasteiger partial charge on any atom is -0.454 e. The molecule has 1 amide bonds. The van der Waals surface area contributed by atoms with E-state index in [-0.39, 0.29) is 0 Å². The van der Waals surface area contributed by atoms with E-state index in [0.717, 1.165) is 5.56 Å². The topological polar surface area (TPSA) is 55.6 Å². The third-order valence-electron chi connectivity index (χ3n) is 2.88. The second kappa shape index (κ2) is 6.08. The van der Waals surface area contributed by atoms with E-state index >= 15 is 0 Å². The summed E-state index contributed by atoms with van der Waals surface area (Å²) in [6, 6.07) is 7.81. The molecule has 1 aromatic carbocycles. The molecule has 5 nitrogen and oxygen atoms in total. The van der Waals surface area contributed by atoms with Crippen molar-refractivity contribution in [3.05, 3.63) is 41.6 Å². The Labute approximate surface area is 124 Å². The summed E-state index contributed by atoms with van der Waals surface area (Å²) in [5, 5.41) is 2.83. The summed E-state index contributed by atoms with van der Waals surface area (Å²) in [7, 11) is 1.54. The number of anilines is 1. The number of ether oxygens (including phenoxy) is 1. The first-order valence-corrected chi connectivity index (χ1v) is 6.27. The van der Waals surface area contributed by atoms with Crippen LogP contribution in [-0.4, -0.2) is 24.7 Å². The maximum atomic E-state index is 12.3. The van der Waals surface area contributed by atoms with Crippen molar-refractivity contribution in [2.75, 3.05) is 18.6 Å². The molecular weight excluding hydrogens is 301 g/mol. The molecule has 8 heteroatoms. The zero-order valence-electron chi connectivity index (χ0n) is 11.8. The Balaban J connectivity index is 1.96. The highest BCUT2D eigenvalue weighted by Crippen LogP contribution is 2.30. The van der Waals surface area contributed by atoms with Crippen molar-refractivity contribution in [1.29, 1.82) is 0 Å². The number of amides is 1. The molecule has 22 heavy (non-hydrogen) atoms. The van der Waals surface area contributed by atoms with Crippen LogP contribution in [-0.2, 0) is 11.0 Å². The lowest BCUT2D eigenvalue weighted by Gasteiger charge is -2.17. The minimum atomic E-state index is -4.62. The second-order valence-electron chi connectivity index (χ2n) is 4.61. The van der Waals surface area contributed by atoms with E-state index in [1.54, 1.807) is 25.2 Å². The van der Waals surface area contributed by atoms with Crippen LogP contribution in [0.3, 0.4) is 0 Å². The average Bonchev–Trinajstić information content (AvgIpc) is 2.93. The molecule has 0 saturated heterocycles. The molecule has 0 aliphatic rings. The Morgan fingerprint density at radius 2 is 2.09 bits per heavy atom. The molecule has 118 valence electrons. The third-order valence-corrected chi connectivity index (χ3v) is 2.88. The van der Waals surface area contributed by atoms with Crippen molar-refractivity contribution in [3.8, 4) is 5.95 Å². The average molecular weight is 314 g/mol. The zero-order valence-corrected chi connectivity index (χ0v) is 11.8. The van der Waals surface area contributed by atoms with E-state index in [4.69, 9.17) is 4.74 Å². The monoisotopic (exact) mass is 314 g/mol. The Hall–Kier alpha value is -2.51. The van der Waals surface area contributed by atoms with Gasteiger partial charge in [-0.2, -0.15) is 13.2 Å². The quantitative estimate of drug-likeness (QED) is 0.870.